The monoisotopic (exact) mass is 344 g/mol. The molecule has 2 aromatic rings. The Hall–Kier alpha value is -1.14. The highest BCUT2D eigenvalue weighted by atomic mass is 35.5. The average Bonchev–Trinajstić information content (AvgIpc) is 2.95. The number of carbonyl (C=O) groups is 1. The number of benzene rings is 1. The van der Waals surface area contributed by atoms with E-state index in [1.54, 1.807) is 24.4 Å². The second-order valence-electron chi connectivity index (χ2n) is 4.41. The molecular weight excluding hydrogens is 331 g/mol. The molecule has 0 saturated carbocycles. The van der Waals surface area contributed by atoms with Crippen LogP contribution in [0.2, 0.25) is 10.0 Å². The molecule has 0 aliphatic carbocycles. The summed E-state index contributed by atoms with van der Waals surface area (Å²) in [7, 11) is 0. The first kappa shape index (κ1) is 16.2. The van der Waals surface area contributed by atoms with Crippen molar-refractivity contribution in [3.05, 3.63) is 50.4 Å². The standard InChI is InChI=1S/C14H14Cl2N2O2S/c15-9-1-2-10(11(16)7-9)12(19)8-18-13(20)3-4-14-17-5-6-21-14/h1-2,5-7,12,19H,3-4,8H2,(H,18,20). The Morgan fingerprint density at radius 3 is 2.90 bits per heavy atom. The number of halogens is 2. The first-order valence-electron chi connectivity index (χ1n) is 6.34. The minimum atomic E-state index is -0.862. The molecule has 0 aliphatic heterocycles. The number of carbonyl (C=O) groups excluding carboxylic acids is 1. The van der Waals surface area contributed by atoms with Crippen molar-refractivity contribution in [1.29, 1.82) is 0 Å². The van der Waals surface area contributed by atoms with Gasteiger partial charge in [0.05, 0.1) is 11.1 Å². The van der Waals surface area contributed by atoms with E-state index in [0.29, 0.717) is 28.5 Å². The zero-order valence-corrected chi connectivity index (χ0v) is 13.4. The zero-order chi connectivity index (χ0) is 15.2. The summed E-state index contributed by atoms with van der Waals surface area (Å²) in [4.78, 5) is 15.8. The fourth-order valence-electron chi connectivity index (χ4n) is 1.78. The second-order valence-corrected chi connectivity index (χ2v) is 6.23. The second kappa shape index (κ2) is 7.75. The van der Waals surface area contributed by atoms with Crippen LogP contribution in [0.3, 0.4) is 0 Å². The Kier molecular flexibility index (Phi) is 5.99. The van der Waals surface area contributed by atoms with E-state index in [2.05, 4.69) is 10.3 Å². The van der Waals surface area contributed by atoms with E-state index < -0.39 is 6.10 Å². The Morgan fingerprint density at radius 1 is 1.43 bits per heavy atom. The van der Waals surface area contributed by atoms with E-state index in [1.165, 1.54) is 11.3 Å². The van der Waals surface area contributed by atoms with Gasteiger partial charge in [0.25, 0.3) is 0 Å². The molecule has 2 rings (SSSR count). The van der Waals surface area contributed by atoms with E-state index >= 15 is 0 Å². The van der Waals surface area contributed by atoms with Gasteiger partial charge in [0, 0.05) is 46.6 Å². The Morgan fingerprint density at radius 2 is 2.24 bits per heavy atom. The number of hydrogen-bond donors (Lipinski definition) is 2. The van der Waals surface area contributed by atoms with Crippen LogP contribution < -0.4 is 5.32 Å². The average molecular weight is 345 g/mol. The third-order valence-electron chi connectivity index (χ3n) is 2.86. The molecule has 1 aromatic heterocycles. The van der Waals surface area contributed by atoms with Gasteiger partial charge in [0.2, 0.25) is 5.91 Å². The summed E-state index contributed by atoms with van der Waals surface area (Å²) in [5.41, 5.74) is 0.543. The number of aromatic nitrogens is 1. The third kappa shape index (κ3) is 4.97. The number of amides is 1. The van der Waals surface area contributed by atoms with Crippen LogP contribution in [0.5, 0.6) is 0 Å². The summed E-state index contributed by atoms with van der Waals surface area (Å²) in [5, 5.41) is 16.4. The molecule has 2 N–H and O–H groups in total. The number of nitrogens with one attached hydrogen (secondary N) is 1. The molecule has 7 heteroatoms. The number of aryl methyl sites for hydroxylation is 1. The predicted molar refractivity (Wildman–Crippen MR) is 84.9 cm³/mol. The summed E-state index contributed by atoms with van der Waals surface area (Å²) in [6.45, 7) is 0.109. The van der Waals surface area contributed by atoms with Crippen LogP contribution in [0.15, 0.2) is 29.8 Å². The first-order valence-corrected chi connectivity index (χ1v) is 7.98. The fourth-order valence-corrected chi connectivity index (χ4v) is 2.93. The lowest BCUT2D eigenvalue weighted by atomic mass is 10.1. The van der Waals surface area contributed by atoms with Crippen molar-refractivity contribution in [2.75, 3.05) is 6.54 Å². The molecule has 1 aromatic carbocycles. The third-order valence-corrected chi connectivity index (χ3v) is 4.27. The highest BCUT2D eigenvalue weighted by Crippen LogP contribution is 2.25. The number of nitrogens with zero attached hydrogens (tertiary/aromatic N) is 1. The summed E-state index contributed by atoms with van der Waals surface area (Å²) in [6.07, 6.45) is 1.79. The van der Waals surface area contributed by atoms with E-state index in [1.807, 2.05) is 5.38 Å². The van der Waals surface area contributed by atoms with Crippen LogP contribution >= 0.6 is 34.5 Å². The van der Waals surface area contributed by atoms with Crippen molar-refractivity contribution < 1.29 is 9.90 Å². The number of aliphatic hydroxyl groups is 1. The Bertz CT molecular complexity index is 605. The quantitative estimate of drug-likeness (QED) is 0.845. The van der Waals surface area contributed by atoms with Crippen LogP contribution in [-0.4, -0.2) is 22.5 Å². The van der Waals surface area contributed by atoms with Gasteiger partial charge in [-0.2, -0.15) is 0 Å². The van der Waals surface area contributed by atoms with Crippen molar-refractivity contribution in [3.63, 3.8) is 0 Å². The molecule has 0 saturated heterocycles. The van der Waals surface area contributed by atoms with Crippen molar-refractivity contribution >= 4 is 40.4 Å². The summed E-state index contributed by atoms with van der Waals surface area (Å²) in [6, 6.07) is 4.86. The van der Waals surface area contributed by atoms with Gasteiger partial charge >= 0.3 is 0 Å². The van der Waals surface area contributed by atoms with E-state index in [4.69, 9.17) is 23.2 Å². The van der Waals surface area contributed by atoms with Gasteiger partial charge in [-0.15, -0.1) is 11.3 Å². The molecule has 1 unspecified atom stereocenters. The largest absolute Gasteiger partial charge is 0.387 e. The van der Waals surface area contributed by atoms with E-state index in [0.717, 1.165) is 5.01 Å². The predicted octanol–water partition coefficient (Wildman–Crippen LogP) is 3.23. The minimum Gasteiger partial charge on any atom is -0.387 e. The van der Waals surface area contributed by atoms with Crippen LogP contribution in [0.4, 0.5) is 0 Å². The van der Waals surface area contributed by atoms with Crippen molar-refractivity contribution in [2.24, 2.45) is 0 Å². The summed E-state index contributed by atoms with van der Waals surface area (Å²) < 4.78 is 0. The van der Waals surface area contributed by atoms with Gasteiger partial charge in [-0.1, -0.05) is 29.3 Å². The van der Waals surface area contributed by atoms with Crippen LogP contribution in [0.1, 0.15) is 23.1 Å². The van der Waals surface area contributed by atoms with Gasteiger partial charge in [0.15, 0.2) is 0 Å². The smallest absolute Gasteiger partial charge is 0.220 e. The van der Waals surface area contributed by atoms with Crippen LogP contribution in [0.25, 0.3) is 0 Å². The van der Waals surface area contributed by atoms with Gasteiger partial charge < -0.3 is 10.4 Å². The van der Waals surface area contributed by atoms with Crippen molar-refractivity contribution in [3.8, 4) is 0 Å². The molecule has 1 atom stereocenters. The number of hydrogen-bond acceptors (Lipinski definition) is 4. The highest BCUT2D eigenvalue weighted by Gasteiger charge is 2.13. The van der Waals surface area contributed by atoms with E-state index in [9.17, 15) is 9.90 Å². The van der Waals surface area contributed by atoms with Gasteiger partial charge in [-0.05, 0) is 12.1 Å². The number of aliphatic hydroxyl groups excluding tert-OH is 1. The molecular formula is C14H14Cl2N2O2S. The number of rotatable bonds is 6. The molecule has 0 spiro atoms. The molecule has 112 valence electrons. The Balaban J connectivity index is 1.80. The van der Waals surface area contributed by atoms with Gasteiger partial charge in [-0.25, -0.2) is 4.98 Å². The Labute approximate surface area is 136 Å². The first-order chi connectivity index (χ1) is 10.1. The molecule has 0 fully saturated rings. The molecule has 1 amide bonds. The molecule has 4 nitrogen and oxygen atoms in total. The zero-order valence-electron chi connectivity index (χ0n) is 11.1. The lowest BCUT2D eigenvalue weighted by Gasteiger charge is -2.13. The molecule has 0 aliphatic rings. The maximum Gasteiger partial charge on any atom is 0.220 e. The number of thiazole rings is 1. The topological polar surface area (TPSA) is 62.2 Å². The maximum absolute atomic E-state index is 11.7. The molecule has 0 bridgehead atoms. The maximum atomic E-state index is 11.7. The lowest BCUT2D eigenvalue weighted by molar-refractivity contribution is -0.121. The normalized spacial score (nSPS) is 12.1. The van der Waals surface area contributed by atoms with Crippen molar-refractivity contribution in [2.45, 2.75) is 18.9 Å². The SMILES string of the molecule is O=C(CCc1nccs1)NCC(O)c1ccc(Cl)cc1Cl. The van der Waals surface area contributed by atoms with Gasteiger partial charge in [-0.3, -0.25) is 4.79 Å². The highest BCUT2D eigenvalue weighted by molar-refractivity contribution is 7.09. The summed E-state index contributed by atoms with van der Waals surface area (Å²) >= 11 is 13.3. The van der Waals surface area contributed by atoms with Crippen molar-refractivity contribution in [1.82, 2.24) is 10.3 Å². The molecule has 0 radical (unpaired) electrons. The van der Waals surface area contributed by atoms with Crippen LogP contribution in [0, 0.1) is 0 Å². The minimum absolute atomic E-state index is 0.109. The molecule has 21 heavy (non-hydrogen) atoms. The van der Waals surface area contributed by atoms with Gasteiger partial charge in [0.1, 0.15) is 0 Å². The lowest BCUT2D eigenvalue weighted by Crippen LogP contribution is -2.28. The van der Waals surface area contributed by atoms with E-state index in [-0.39, 0.29) is 12.5 Å². The van der Waals surface area contributed by atoms with Crippen LogP contribution in [-0.2, 0) is 11.2 Å². The fraction of sp³-hybridized carbons (Fsp3) is 0.286. The summed E-state index contributed by atoms with van der Waals surface area (Å²) in [5.74, 6) is -0.130. The molecule has 1 heterocycles.